The number of carbonyl (C=O) groups excluding carboxylic acids is 1. The third kappa shape index (κ3) is 3.68. The number of aliphatic hydroxyl groups excluding tert-OH is 1. The van der Waals surface area contributed by atoms with Crippen molar-refractivity contribution in [2.75, 3.05) is 13.1 Å². The first-order chi connectivity index (χ1) is 13.1. The van der Waals surface area contributed by atoms with Crippen LogP contribution in [0.2, 0.25) is 0 Å². The minimum Gasteiger partial charge on any atom is -0.390 e. The first kappa shape index (κ1) is 18.7. The van der Waals surface area contributed by atoms with E-state index in [1.807, 2.05) is 29.2 Å². The molecule has 0 fully saturated rings. The zero-order valence-electron chi connectivity index (χ0n) is 15.5. The topological polar surface area (TPSA) is 52.6 Å². The summed E-state index contributed by atoms with van der Waals surface area (Å²) in [5.41, 5.74) is 4.46. The van der Waals surface area contributed by atoms with Gasteiger partial charge in [-0.2, -0.15) is 0 Å². The van der Waals surface area contributed by atoms with E-state index in [2.05, 4.69) is 46.4 Å². The molecule has 27 heavy (non-hydrogen) atoms. The van der Waals surface area contributed by atoms with Crippen molar-refractivity contribution in [2.24, 2.45) is 0 Å². The van der Waals surface area contributed by atoms with Crippen molar-refractivity contribution in [1.82, 2.24) is 10.2 Å². The SMILES string of the molecule is CCC1CN(CC(O)C2Cc3ccccc3CN2)C(=O)c2ccc(Br)cc21. The smallest absolute Gasteiger partial charge is 0.254 e. The predicted molar refractivity (Wildman–Crippen MR) is 110 cm³/mol. The summed E-state index contributed by atoms with van der Waals surface area (Å²) in [6.45, 7) is 3.95. The fourth-order valence-electron chi connectivity index (χ4n) is 4.29. The molecule has 0 bridgehead atoms. The van der Waals surface area contributed by atoms with Crippen molar-refractivity contribution < 1.29 is 9.90 Å². The van der Waals surface area contributed by atoms with Gasteiger partial charge in [0.2, 0.25) is 0 Å². The summed E-state index contributed by atoms with van der Waals surface area (Å²) < 4.78 is 1.01. The van der Waals surface area contributed by atoms with Crippen molar-refractivity contribution in [2.45, 2.75) is 44.4 Å². The van der Waals surface area contributed by atoms with Crippen LogP contribution in [0.5, 0.6) is 0 Å². The van der Waals surface area contributed by atoms with Crippen molar-refractivity contribution in [1.29, 1.82) is 0 Å². The van der Waals surface area contributed by atoms with E-state index in [1.54, 1.807) is 0 Å². The number of amides is 1. The van der Waals surface area contributed by atoms with Gasteiger partial charge in [0, 0.05) is 41.6 Å². The minimum atomic E-state index is -0.586. The summed E-state index contributed by atoms with van der Waals surface area (Å²) in [5, 5.41) is 14.3. The molecular weight excluding hydrogens is 404 g/mol. The molecule has 0 saturated carbocycles. The summed E-state index contributed by atoms with van der Waals surface area (Å²) in [7, 11) is 0. The zero-order chi connectivity index (χ0) is 19.0. The number of nitrogens with zero attached hydrogens (tertiary/aromatic N) is 1. The standard InChI is InChI=1S/C22H25BrN2O2/c1-2-14-12-25(22(27)18-8-7-17(23)10-19(14)18)13-21(26)20-9-15-5-3-4-6-16(15)11-24-20/h3-8,10,14,20-21,24,26H,2,9,11-13H2,1H3. The Bertz CT molecular complexity index is 854. The highest BCUT2D eigenvalue weighted by molar-refractivity contribution is 9.10. The quantitative estimate of drug-likeness (QED) is 0.783. The summed E-state index contributed by atoms with van der Waals surface area (Å²) in [6.07, 6.45) is 1.18. The van der Waals surface area contributed by atoms with Crippen molar-refractivity contribution in [3.05, 3.63) is 69.2 Å². The van der Waals surface area contributed by atoms with Gasteiger partial charge in [0.1, 0.15) is 0 Å². The summed E-state index contributed by atoms with van der Waals surface area (Å²) in [5.74, 6) is 0.333. The Hall–Kier alpha value is -1.69. The van der Waals surface area contributed by atoms with Crippen LogP contribution in [0.15, 0.2) is 46.9 Å². The van der Waals surface area contributed by atoms with E-state index >= 15 is 0 Å². The molecule has 2 aliphatic rings. The number of carbonyl (C=O) groups is 1. The number of aliphatic hydroxyl groups is 1. The summed E-state index contributed by atoms with van der Waals surface area (Å²) >= 11 is 3.51. The van der Waals surface area contributed by atoms with Crippen LogP contribution >= 0.6 is 15.9 Å². The maximum atomic E-state index is 13.0. The number of fused-ring (bicyclic) bond motifs is 2. The third-order valence-corrected chi connectivity index (χ3v) is 6.38. The van der Waals surface area contributed by atoms with Crippen molar-refractivity contribution >= 4 is 21.8 Å². The Kier molecular flexibility index (Phi) is 5.35. The molecule has 2 aliphatic heterocycles. The van der Waals surface area contributed by atoms with Gasteiger partial charge in [0.25, 0.3) is 5.91 Å². The highest BCUT2D eigenvalue weighted by Gasteiger charge is 2.33. The largest absolute Gasteiger partial charge is 0.390 e. The molecule has 5 heteroatoms. The molecule has 2 aromatic rings. The van der Waals surface area contributed by atoms with Gasteiger partial charge in [-0.1, -0.05) is 47.1 Å². The number of β-amino-alcohol motifs (C(OH)–C–C–N with tert-alkyl or cyclic N) is 1. The lowest BCUT2D eigenvalue weighted by atomic mass is 9.87. The maximum absolute atomic E-state index is 13.0. The molecule has 0 aliphatic carbocycles. The molecule has 0 radical (unpaired) electrons. The fourth-order valence-corrected chi connectivity index (χ4v) is 4.67. The molecule has 0 aromatic heterocycles. The van der Waals surface area contributed by atoms with Crippen LogP contribution in [0, 0.1) is 0 Å². The molecule has 1 amide bonds. The molecule has 0 saturated heterocycles. The van der Waals surface area contributed by atoms with E-state index in [-0.39, 0.29) is 11.9 Å². The van der Waals surface area contributed by atoms with E-state index in [0.717, 1.165) is 35.0 Å². The molecule has 0 spiro atoms. The van der Waals surface area contributed by atoms with Gasteiger partial charge < -0.3 is 15.3 Å². The lowest BCUT2D eigenvalue weighted by Gasteiger charge is -2.37. The van der Waals surface area contributed by atoms with Crippen LogP contribution in [0.1, 0.15) is 46.3 Å². The van der Waals surface area contributed by atoms with Gasteiger partial charge in [0.15, 0.2) is 0 Å². The van der Waals surface area contributed by atoms with Gasteiger partial charge >= 0.3 is 0 Å². The van der Waals surface area contributed by atoms with Gasteiger partial charge in [0.05, 0.1) is 6.10 Å². The molecule has 142 valence electrons. The Morgan fingerprint density at radius 1 is 1.26 bits per heavy atom. The second kappa shape index (κ2) is 7.74. The normalized spacial score (nSPS) is 22.9. The monoisotopic (exact) mass is 428 g/mol. The summed E-state index contributed by atoms with van der Waals surface area (Å²) in [6, 6.07) is 14.2. The molecule has 4 rings (SSSR count). The second-order valence-electron chi connectivity index (χ2n) is 7.57. The maximum Gasteiger partial charge on any atom is 0.254 e. The molecular formula is C22H25BrN2O2. The lowest BCUT2D eigenvalue weighted by Crippen LogP contribution is -2.52. The van der Waals surface area contributed by atoms with E-state index in [1.165, 1.54) is 11.1 Å². The third-order valence-electron chi connectivity index (χ3n) is 5.89. The van der Waals surface area contributed by atoms with Crippen LogP contribution in [0.3, 0.4) is 0 Å². The average Bonchev–Trinajstić information content (AvgIpc) is 2.69. The molecule has 4 nitrogen and oxygen atoms in total. The molecule has 3 unspecified atom stereocenters. The number of rotatable bonds is 4. The first-order valence-corrected chi connectivity index (χ1v) is 10.4. The fraction of sp³-hybridized carbons (Fsp3) is 0.409. The Morgan fingerprint density at radius 3 is 2.81 bits per heavy atom. The van der Waals surface area contributed by atoms with Gasteiger partial charge in [-0.3, -0.25) is 4.79 Å². The predicted octanol–water partition coefficient (Wildman–Crippen LogP) is 3.47. The number of halogens is 1. The Morgan fingerprint density at radius 2 is 2.04 bits per heavy atom. The van der Waals surface area contributed by atoms with Crippen LogP contribution in [0.4, 0.5) is 0 Å². The highest BCUT2D eigenvalue weighted by atomic mass is 79.9. The van der Waals surface area contributed by atoms with Gasteiger partial charge in [-0.25, -0.2) is 0 Å². The zero-order valence-corrected chi connectivity index (χ0v) is 17.1. The van der Waals surface area contributed by atoms with Gasteiger partial charge in [-0.15, -0.1) is 0 Å². The van der Waals surface area contributed by atoms with Crippen LogP contribution < -0.4 is 5.32 Å². The van der Waals surface area contributed by atoms with E-state index in [0.29, 0.717) is 19.0 Å². The second-order valence-corrected chi connectivity index (χ2v) is 8.49. The lowest BCUT2D eigenvalue weighted by molar-refractivity contribution is 0.0484. The number of benzene rings is 2. The number of hydrogen-bond acceptors (Lipinski definition) is 3. The van der Waals surface area contributed by atoms with Crippen molar-refractivity contribution in [3.8, 4) is 0 Å². The minimum absolute atomic E-state index is 0.0254. The first-order valence-electron chi connectivity index (χ1n) is 9.63. The Labute approximate surface area is 168 Å². The van der Waals surface area contributed by atoms with Crippen LogP contribution in [-0.2, 0) is 13.0 Å². The Balaban J connectivity index is 1.49. The van der Waals surface area contributed by atoms with Gasteiger partial charge in [-0.05, 0) is 47.7 Å². The van der Waals surface area contributed by atoms with E-state index in [9.17, 15) is 9.90 Å². The van der Waals surface area contributed by atoms with E-state index < -0.39 is 6.10 Å². The molecule has 2 N–H and O–H groups in total. The molecule has 2 aromatic carbocycles. The highest BCUT2D eigenvalue weighted by Crippen LogP contribution is 2.33. The molecule has 3 atom stereocenters. The average molecular weight is 429 g/mol. The van der Waals surface area contributed by atoms with Crippen LogP contribution in [0.25, 0.3) is 0 Å². The summed E-state index contributed by atoms with van der Waals surface area (Å²) in [4.78, 5) is 14.8. The number of hydrogen-bond donors (Lipinski definition) is 2. The number of nitrogens with one attached hydrogen (secondary N) is 1. The van der Waals surface area contributed by atoms with E-state index in [4.69, 9.17) is 0 Å². The van der Waals surface area contributed by atoms with Crippen molar-refractivity contribution in [3.63, 3.8) is 0 Å². The molecule has 2 heterocycles. The van der Waals surface area contributed by atoms with Crippen LogP contribution in [-0.4, -0.2) is 41.1 Å².